The molecule has 5 heteroatoms. The average Bonchev–Trinajstić information content (AvgIpc) is 2.62. The molecule has 1 fully saturated rings. The van der Waals surface area contributed by atoms with Crippen molar-refractivity contribution >= 4 is 11.4 Å². The van der Waals surface area contributed by atoms with E-state index in [0.29, 0.717) is 12.3 Å². The fourth-order valence-corrected chi connectivity index (χ4v) is 3.07. The van der Waals surface area contributed by atoms with Gasteiger partial charge in [0.05, 0.1) is 18.0 Å². The number of ether oxygens (including phenoxy) is 1. The van der Waals surface area contributed by atoms with Gasteiger partial charge in [-0.3, -0.25) is 0 Å². The maximum absolute atomic E-state index is 13.8. The van der Waals surface area contributed by atoms with E-state index in [2.05, 4.69) is 15.9 Å². The van der Waals surface area contributed by atoms with E-state index in [1.54, 1.807) is 6.07 Å². The molecule has 3 rings (SSSR count). The average molecular weight is 325 g/mol. The van der Waals surface area contributed by atoms with E-state index in [0.717, 1.165) is 37.6 Å². The summed E-state index contributed by atoms with van der Waals surface area (Å²) in [5.41, 5.74) is 1.88. The van der Waals surface area contributed by atoms with Crippen LogP contribution in [0.4, 0.5) is 15.8 Å². The molecule has 0 aromatic heterocycles. The van der Waals surface area contributed by atoms with E-state index in [4.69, 9.17) is 4.74 Å². The van der Waals surface area contributed by atoms with Crippen molar-refractivity contribution in [1.82, 2.24) is 0 Å². The van der Waals surface area contributed by atoms with Crippen molar-refractivity contribution in [3.63, 3.8) is 0 Å². The molecule has 2 aromatic rings. The van der Waals surface area contributed by atoms with Crippen molar-refractivity contribution in [3.8, 4) is 11.8 Å². The molecule has 24 heavy (non-hydrogen) atoms. The normalized spacial score (nSPS) is 14.4. The van der Waals surface area contributed by atoms with Crippen LogP contribution < -0.4 is 14.5 Å². The third kappa shape index (κ3) is 3.13. The number of benzene rings is 2. The Bertz CT molecular complexity index is 749. The number of nitriles is 1. The lowest BCUT2D eigenvalue weighted by Crippen LogP contribution is -2.47. The predicted molar refractivity (Wildman–Crippen MR) is 93.2 cm³/mol. The molecule has 1 aliphatic rings. The summed E-state index contributed by atoms with van der Waals surface area (Å²) in [6, 6.07) is 14.8. The fraction of sp³-hybridized carbons (Fsp3) is 0.316. The largest absolute Gasteiger partial charge is 0.492 e. The number of para-hydroxylation sites is 2. The second-order valence-corrected chi connectivity index (χ2v) is 5.62. The summed E-state index contributed by atoms with van der Waals surface area (Å²) in [5.74, 6) is 0.427. The highest BCUT2D eigenvalue weighted by Crippen LogP contribution is 2.30. The zero-order valence-corrected chi connectivity index (χ0v) is 13.7. The van der Waals surface area contributed by atoms with Gasteiger partial charge in [0.2, 0.25) is 0 Å². The van der Waals surface area contributed by atoms with Gasteiger partial charge in [0.15, 0.2) is 0 Å². The van der Waals surface area contributed by atoms with Crippen molar-refractivity contribution < 1.29 is 9.13 Å². The van der Waals surface area contributed by atoms with Gasteiger partial charge >= 0.3 is 0 Å². The van der Waals surface area contributed by atoms with E-state index in [1.165, 1.54) is 6.07 Å². The zero-order valence-electron chi connectivity index (χ0n) is 13.7. The minimum Gasteiger partial charge on any atom is -0.492 e. The maximum atomic E-state index is 13.8. The molecule has 0 N–H and O–H groups in total. The van der Waals surface area contributed by atoms with Crippen molar-refractivity contribution in [1.29, 1.82) is 5.26 Å². The zero-order chi connectivity index (χ0) is 16.9. The van der Waals surface area contributed by atoms with Gasteiger partial charge in [0.1, 0.15) is 23.2 Å². The van der Waals surface area contributed by atoms with Crippen molar-refractivity contribution in [2.75, 3.05) is 42.6 Å². The van der Waals surface area contributed by atoms with Gasteiger partial charge in [-0.15, -0.1) is 0 Å². The van der Waals surface area contributed by atoms with Gasteiger partial charge in [-0.2, -0.15) is 5.26 Å². The molecule has 0 unspecified atom stereocenters. The Morgan fingerprint density at radius 1 is 1.00 bits per heavy atom. The SMILES string of the molecule is CCOc1ccccc1N1CCN(c2cccc(F)c2C#N)CC1. The molecule has 0 atom stereocenters. The summed E-state index contributed by atoms with van der Waals surface area (Å²) in [6.45, 7) is 5.67. The number of piperazine rings is 1. The highest BCUT2D eigenvalue weighted by molar-refractivity contribution is 5.63. The Morgan fingerprint density at radius 3 is 2.29 bits per heavy atom. The molecular formula is C19H20FN3O. The van der Waals surface area contributed by atoms with Crippen LogP contribution in [0.15, 0.2) is 42.5 Å². The molecular weight excluding hydrogens is 305 g/mol. The summed E-state index contributed by atoms with van der Waals surface area (Å²) < 4.78 is 19.5. The number of hydrogen-bond donors (Lipinski definition) is 0. The van der Waals surface area contributed by atoms with Gasteiger partial charge in [-0.1, -0.05) is 18.2 Å². The van der Waals surface area contributed by atoms with Crippen LogP contribution in [0.5, 0.6) is 5.75 Å². The van der Waals surface area contributed by atoms with Crippen molar-refractivity contribution in [2.45, 2.75) is 6.92 Å². The molecule has 124 valence electrons. The molecule has 4 nitrogen and oxygen atoms in total. The Kier molecular flexibility index (Phi) is 4.85. The first-order valence-corrected chi connectivity index (χ1v) is 8.15. The van der Waals surface area contributed by atoms with Crippen LogP contribution in [0.2, 0.25) is 0 Å². The summed E-state index contributed by atoms with van der Waals surface area (Å²) >= 11 is 0. The summed E-state index contributed by atoms with van der Waals surface area (Å²) in [6.07, 6.45) is 0. The molecule has 1 saturated heterocycles. The highest BCUT2D eigenvalue weighted by Gasteiger charge is 2.22. The lowest BCUT2D eigenvalue weighted by molar-refractivity contribution is 0.340. The molecule has 0 bridgehead atoms. The van der Waals surface area contributed by atoms with Gasteiger partial charge in [-0.05, 0) is 31.2 Å². The van der Waals surface area contributed by atoms with E-state index in [1.807, 2.05) is 37.3 Å². The van der Waals surface area contributed by atoms with Crippen LogP contribution in [-0.4, -0.2) is 32.8 Å². The second-order valence-electron chi connectivity index (χ2n) is 5.62. The summed E-state index contributed by atoms with van der Waals surface area (Å²) in [4.78, 5) is 4.34. The van der Waals surface area contributed by atoms with Crippen LogP contribution in [-0.2, 0) is 0 Å². The lowest BCUT2D eigenvalue weighted by atomic mass is 10.1. The quantitative estimate of drug-likeness (QED) is 0.863. The van der Waals surface area contributed by atoms with Crippen LogP contribution in [0.3, 0.4) is 0 Å². The second kappa shape index (κ2) is 7.22. The number of hydrogen-bond acceptors (Lipinski definition) is 4. The molecule has 0 spiro atoms. The van der Waals surface area contributed by atoms with E-state index in [9.17, 15) is 9.65 Å². The molecule has 0 amide bonds. The minimum absolute atomic E-state index is 0.126. The number of nitrogens with zero attached hydrogens (tertiary/aromatic N) is 3. The Morgan fingerprint density at radius 2 is 1.62 bits per heavy atom. The van der Waals surface area contributed by atoms with Crippen LogP contribution >= 0.6 is 0 Å². The number of anilines is 2. The first-order valence-electron chi connectivity index (χ1n) is 8.15. The van der Waals surface area contributed by atoms with E-state index < -0.39 is 5.82 Å². The minimum atomic E-state index is -0.459. The van der Waals surface area contributed by atoms with E-state index >= 15 is 0 Å². The van der Waals surface area contributed by atoms with Crippen LogP contribution in [0.25, 0.3) is 0 Å². The van der Waals surface area contributed by atoms with Gasteiger partial charge in [0, 0.05) is 26.2 Å². The lowest BCUT2D eigenvalue weighted by Gasteiger charge is -2.38. The predicted octanol–water partition coefficient (Wildman–Crippen LogP) is 3.42. The first-order chi connectivity index (χ1) is 11.7. The standard InChI is InChI=1S/C19H20FN3O/c1-2-24-19-9-4-3-7-18(19)23-12-10-22(11-13-23)17-8-5-6-16(20)15(17)14-21/h3-9H,2,10-13H2,1H3. The molecule has 0 saturated carbocycles. The Hall–Kier alpha value is -2.74. The van der Waals surface area contributed by atoms with Crippen molar-refractivity contribution in [2.24, 2.45) is 0 Å². The first kappa shape index (κ1) is 16.1. The molecule has 1 heterocycles. The molecule has 2 aromatic carbocycles. The Labute approximate surface area is 141 Å². The highest BCUT2D eigenvalue weighted by atomic mass is 19.1. The van der Waals surface area contributed by atoms with Gasteiger partial charge in [-0.25, -0.2) is 4.39 Å². The topological polar surface area (TPSA) is 39.5 Å². The summed E-state index contributed by atoms with van der Waals surface area (Å²) in [5, 5.41) is 9.21. The van der Waals surface area contributed by atoms with Crippen LogP contribution in [0.1, 0.15) is 12.5 Å². The summed E-state index contributed by atoms with van der Waals surface area (Å²) in [7, 11) is 0. The van der Waals surface area contributed by atoms with Crippen molar-refractivity contribution in [3.05, 3.63) is 53.8 Å². The Balaban J connectivity index is 1.76. The fourth-order valence-electron chi connectivity index (χ4n) is 3.07. The molecule has 1 aliphatic heterocycles. The third-order valence-electron chi connectivity index (χ3n) is 4.23. The van der Waals surface area contributed by atoms with Gasteiger partial charge in [0.25, 0.3) is 0 Å². The molecule has 0 aliphatic carbocycles. The monoisotopic (exact) mass is 325 g/mol. The van der Waals surface area contributed by atoms with Crippen LogP contribution in [0, 0.1) is 17.1 Å². The van der Waals surface area contributed by atoms with E-state index in [-0.39, 0.29) is 5.56 Å². The van der Waals surface area contributed by atoms with Gasteiger partial charge < -0.3 is 14.5 Å². The smallest absolute Gasteiger partial charge is 0.143 e. The number of halogens is 1. The third-order valence-corrected chi connectivity index (χ3v) is 4.23. The molecule has 0 radical (unpaired) electrons. The maximum Gasteiger partial charge on any atom is 0.143 e. The number of rotatable bonds is 4.